The maximum absolute atomic E-state index is 12.4. The fourth-order valence-electron chi connectivity index (χ4n) is 3.00. The Kier molecular flexibility index (Phi) is 3.54. The minimum Gasteiger partial charge on any atom is -0.482 e. The van der Waals surface area contributed by atoms with Crippen LogP contribution in [0.5, 0.6) is 5.75 Å². The van der Waals surface area contributed by atoms with Crippen molar-refractivity contribution >= 4 is 27.6 Å². The highest BCUT2D eigenvalue weighted by atomic mass is 16.5. The highest BCUT2D eigenvalue weighted by molar-refractivity contribution is 6.07. The zero-order valence-corrected chi connectivity index (χ0v) is 13.3. The van der Waals surface area contributed by atoms with E-state index in [-0.39, 0.29) is 5.78 Å². The minimum atomic E-state index is -0.533. The summed E-state index contributed by atoms with van der Waals surface area (Å²) in [7, 11) is 0. The molecule has 0 aliphatic heterocycles. The van der Waals surface area contributed by atoms with Gasteiger partial charge in [0, 0.05) is 27.9 Å². The molecule has 0 aliphatic carbocycles. The van der Waals surface area contributed by atoms with E-state index in [4.69, 9.17) is 4.74 Å². The molecule has 1 N–H and O–H groups in total. The molecule has 1 unspecified atom stereocenters. The number of ether oxygens (including phenoxy) is 1. The van der Waals surface area contributed by atoms with Gasteiger partial charge in [0.05, 0.1) is 5.52 Å². The zero-order valence-electron chi connectivity index (χ0n) is 13.3. The van der Waals surface area contributed by atoms with Crippen LogP contribution in [-0.4, -0.2) is 16.9 Å². The summed E-state index contributed by atoms with van der Waals surface area (Å²) in [5.74, 6) is 0.665. The first-order valence-corrected chi connectivity index (χ1v) is 7.99. The Morgan fingerprint density at radius 2 is 1.58 bits per heavy atom. The first-order valence-electron chi connectivity index (χ1n) is 7.99. The number of hydrogen-bond acceptors (Lipinski definition) is 2. The molecule has 1 heterocycles. The number of carbonyl (C=O) groups is 1. The summed E-state index contributed by atoms with van der Waals surface area (Å²) in [6.45, 7) is 1.78. The van der Waals surface area contributed by atoms with Gasteiger partial charge < -0.3 is 9.72 Å². The summed E-state index contributed by atoms with van der Waals surface area (Å²) in [6, 6.07) is 23.3. The third kappa shape index (κ3) is 2.54. The molecular weight excluding hydrogens is 298 g/mol. The molecule has 1 aromatic heterocycles. The molecule has 0 amide bonds. The van der Waals surface area contributed by atoms with Crippen LogP contribution in [0.1, 0.15) is 17.3 Å². The van der Waals surface area contributed by atoms with E-state index in [1.807, 2.05) is 60.7 Å². The van der Waals surface area contributed by atoms with Crippen LogP contribution < -0.4 is 4.74 Å². The molecular formula is C21H17NO2. The van der Waals surface area contributed by atoms with E-state index in [2.05, 4.69) is 17.1 Å². The molecule has 3 aromatic carbocycles. The molecule has 0 fully saturated rings. The van der Waals surface area contributed by atoms with Crippen molar-refractivity contribution in [1.29, 1.82) is 0 Å². The molecule has 24 heavy (non-hydrogen) atoms. The maximum atomic E-state index is 12.4. The Morgan fingerprint density at radius 3 is 2.42 bits per heavy atom. The number of Topliss-reactive ketones (excluding diaryl/α,β-unsaturated/α-hetero) is 1. The predicted octanol–water partition coefficient (Wildman–Crippen LogP) is 4.97. The monoisotopic (exact) mass is 315 g/mol. The second-order valence-electron chi connectivity index (χ2n) is 5.87. The normalized spacial score (nSPS) is 12.4. The SMILES string of the molecule is CC(Oc1ccc2c(c1)[nH]c1ccccc12)C(=O)c1ccccc1. The van der Waals surface area contributed by atoms with Crippen molar-refractivity contribution in [3.63, 3.8) is 0 Å². The van der Waals surface area contributed by atoms with Crippen molar-refractivity contribution in [3.8, 4) is 5.75 Å². The molecule has 0 radical (unpaired) electrons. The maximum Gasteiger partial charge on any atom is 0.202 e. The van der Waals surface area contributed by atoms with Crippen molar-refractivity contribution in [2.75, 3.05) is 0 Å². The van der Waals surface area contributed by atoms with Gasteiger partial charge in [-0.25, -0.2) is 0 Å². The standard InChI is InChI=1S/C21H17NO2/c1-14(21(23)15-7-3-2-4-8-15)24-16-11-12-18-17-9-5-6-10-19(17)22-20(18)13-16/h2-14,22H,1H3. The number of nitrogens with one attached hydrogen (secondary N) is 1. The largest absolute Gasteiger partial charge is 0.482 e. The first-order chi connectivity index (χ1) is 11.7. The Bertz CT molecular complexity index is 1020. The first kappa shape index (κ1) is 14.5. The number of ketones is 1. The van der Waals surface area contributed by atoms with E-state index in [9.17, 15) is 4.79 Å². The van der Waals surface area contributed by atoms with Crippen LogP contribution in [0.25, 0.3) is 21.8 Å². The van der Waals surface area contributed by atoms with Gasteiger partial charge in [-0.3, -0.25) is 4.79 Å². The summed E-state index contributed by atoms with van der Waals surface area (Å²) < 4.78 is 5.87. The van der Waals surface area contributed by atoms with Crippen LogP contribution in [0.2, 0.25) is 0 Å². The number of aromatic amines is 1. The average molecular weight is 315 g/mol. The minimum absolute atomic E-state index is 0.0210. The third-order valence-corrected chi connectivity index (χ3v) is 4.22. The number of rotatable bonds is 4. The van der Waals surface area contributed by atoms with E-state index in [0.717, 1.165) is 16.4 Å². The molecule has 1 atom stereocenters. The number of hydrogen-bond donors (Lipinski definition) is 1. The van der Waals surface area contributed by atoms with Gasteiger partial charge in [-0.15, -0.1) is 0 Å². The van der Waals surface area contributed by atoms with Crippen LogP contribution in [-0.2, 0) is 0 Å². The van der Waals surface area contributed by atoms with Crippen molar-refractivity contribution in [1.82, 2.24) is 4.98 Å². The van der Waals surface area contributed by atoms with Crippen LogP contribution in [0.3, 0.4) is 0 Å². The molecule has 0 aliphatic rings. The summed E-state index contributed by atoms with van der Waals surface area (Å²) in [5, 5.41) is 2.34. The number of aromatic nitrogens is 1. The molecule has 0 bridgehead atoms. The van der Waals surface area contributed by atoms with Crippen LogP contribution >= 0.6 is 0 Å². The summed E-state index contributed by atoms with van der Waals surface area (Å²) >= 11 is 0. The lowest BCUT2D eigenvalue weighted by Crippen LogP contribution is -2.23. The lowest BCUT2D eigenvalue weighted by atomic mass is 10.1. The smallest absolute Gasteiger partial charge is 0.202 e. The van der Waals surface area contributed by atoms with E-state index in [1.165, 1.54) is 5.39 Å². The fraction of sp³-hybridized carbons (Fsp3) is 0.0952. The molecule has 3 heteroatoms. The second-order valence-corrected chi connectivity index (χ2v) is 5.87. The van der Waals surface area contributed by atoms with Crippen LogP contribution in [0, 0.1) is 0 Å². The van der Waals surface area contributed by atoms with Gasteiger partial charge in [0.1, 0.15) is 5.75 Å². The Labute approximate surface area is 139 Å². The highest BCUT2D eigenvalue weighted by Crippen LogP contribution is 2.28. The third-order valence-electron chi connectivity index (χ3n) is 4.22. The van der Waals surface area contributed by atoms with E-state index >= 15 is 0 Å². The molecule has 3 nitrogen and oxygen atoms in total. The molecule has 4 aromatic rings. The number of carbonyl (C=O) groups excluding carboxylic acids is 1. The summed E-state index contributed by atoms with van der Waals surface area (Å²) in [6.07, 6.45) is -0.533. The molecule has 0 saturated heterocycles. The zero-order chi connectivity index (χ0) is 16.5. The number of para-hydroxylation sites is 1. The van der Waals surface area contributed by atoms with E-state index < -0.39 is 6.10 Å². The van der Waals surface area contributed by atoms with Gasteiger partial charge in [0.25, 0.3) is 0 Å². The van der Waals surface area contributed by atoms with Crippen molar-refractivity contribution < 1.29 is 9.53 Å². The van der Waals surface area contributed by atoms with Gasteiger partial charge in [0.15, 0.2) is 6.10 Å². The van der Waals surface area contributed by atoms with Crippen LogP contribution in [0.15, 0.2) is 72.8 Å². The van der Waals surface area contributed by atoms with Gasteiger partial charge in [0.2, 0.25) is 5.78 Å². The van der Waals surface area contributed by atoms with Crippen molar-refractivity contribution in [2.24, 2.45) is 0 Å². The number of benzene rings is 3. The van der Waals surface area contributed by atoms with Gasteiger partial charge >= 0.3 is 0 Å². The average Bonchev–Trinajstić information content (AvgIpc) is 2.99. The highest BCUT2D eigenvalue weighted by Gasteiger charge is 2.17. The lowest BCUT2D eigenvalue weighted by molar-refractivity contribution is 0.0818. The molecule has 0 spiro atoms. The number of H-pyrrole nitrogens is 1. The topological polar surface area (TPSA) is 42.1 Å². The van der Waals surface area contributed by atoms with Gasteiger partial charge in [-0.2, -0.15) is 0 Å². The van der Waals surface area contributed by atoms with Crippen LogP contribution in [0.4, 0.5) is 0 Å². The van der Waals surface area contributed by atoms with Gasteiger partial charge in [-0.05, 0) is 25.1 Å². The second kappa shape index (κ2) is 5.85. The Hall–Kier alpha value is -3.07. The van der Waals surface area contributed by atoms with E-state index in [1.54, 1.807) is 6.92 Å². The van der Waals surface area contributed by atoms with Gasteiger partial charge in [-0.1, -0.05) is 48.5 Å². The molecule has 4 rings (SSSR count). The van der Waals surface area contributed by atoms with E-state index in [0.29, 0.717) is 11.3 Å². The summed E-state index contributed by atoms with van der Waals surface area (Å²) in [5.41, 5.74) is 2.77. The molecule has 118 valence electrons. The van der Waals surface area contributed by atoms with Crippen molar-refractivity contribution in [2.45, 2.75) is 13.0 Å². The summed E-state index contributed by atoms with van der Waals surface area (Å²) in [4.78, 5) is 15.8. The number of fused-ring (bicyclic) bond motifs is 3. The molecule has 0 saturated carbocycles. The fourth-order valence-corrected chi connectivity index (χ4v) is 3.00. The Balaban J connectivity index is 1.62. The lowest BCUT2D eigenvalue weighted by Gasteiger charge is -2.13. The quantitative estimate of drug-likeness (QED) is 0.540. The van der Waals surface area contributed by atoms with Crippen molar-refractivity contribution in [3.05, 3.63) is 78.4 Å². The Morgan fingerprint density at radius 1 is 0.875 bits per heavy atom. The predicted molar refractivity (Wildman–Crippen MR) is 96.7 cm³/mol.